The summed E-state index contributed by atoms with van der Waals surface area (Å²) in [6.07, 6.45) is 0.417. The van der Waals surface area contributed by atoms with Crippen LogP contribution in [0.3, 0.4) is 0 Å². The molecule has 0 saturated heterocycles. The molecule has 18 heavy (non-hydrogen) atoms. The second kappa shape index (κ2) is 3.88. The molecule has 0 radical (unpaired) electrons. The molecule has 0 atom stereocenters. The molecule has 0 aliphatic carbocycles. The highest BCUT2D eigenvalue weighted by Gasteiger charge is 2.23. The summed E-state index contributed by atoms with van der Waals surface area (Å²) in [6.45, 7) is 0. The fourth-order valence-electron chi connectivity index (χ4n) is 2.46. The Morgan fingerprint density at radius 1 is 1.11 bits per heavy atom. The highest BCUT2D eigenvalue weighted by atomic mass is 16.2. The van der Waals surface area contributed by atoms with E-state index < -0.39 is 0 Å². The molecule has 3 rings (SSSR count). The summed E-state index contributed by atoms with van der Waals surface area (Å²) in [5.74, 6) is 0.0896. The Morgan fingerprint density at radius 3 is 2.72 bits per heavy atom. The number of carbonyl (C=O) groups excluding carboxylic acids is 1. The highest BCUT2D eigenvalue weighted by Crippen LogP contribution is 2.39. The Balaban J connectivity index is 2.38. The van der Waals surface area contributed by atoms with Crippen LogP contribution in [0.5, 0.6) is 0 Å². The van der Waals surface area contributed by atoms with Gasteiger partial charge >= 0.3 is 0 Å². The van der Waals surface area contributed by atoms with Crippen LogP contribution in [0, 0.1) is 0 Å². The summed E-state index contributed by atoms with van der Waals surface area (Å²) < 4.78 is 0. The molecule has 3 heteroatoms. The number of fused-ring (bicyclic) bond motifs is 3. The van der Waals surface area contributed by atoms with E-state index >= 15 is 0 Å². The van der Waals surface area contributed by atoms with Crippen molar-refractivity contribution in [1.29, 1.82) is 0 Å². The predicted molar refractivity (Wildman–Crippen MR) is 73.4 cm³/mol. The lowest BCUT2D eigenvalue weighted by Gasteiger charge is -2.18. The van der Waals surface area contributed by atoms with Crippen LogP contribution in [-0.4, -0.2) is 13.0 Å². The third-order valence-corrected chi connectivity index (χ3v) is 3.44. The first-order valence-corrected chi connectivity index (χ1v) is 5.92. The number of carbonyl (C=O) groups is 1. The van der Waals surface area contributed by atoms with Gasteiger partial charge in [0.2, 0.25) is 5.91 Å². The van der Waals surface area contributed by atoms with Crippen molar-refractivity contribution in [2.45, 2.75) is 6.42 Å². The van der Waals surface area contributed by atoms with Gasteiger partial charge in [-0.25, -0.2) is 0 Å². The molecule has 3 nitrogen and oxygen atoms in total. The maximum atomic E-state index is 12.1. The maximum Gasteiger partial charge on any atom is 0.231 e. The van der Waals surface area contributed by atoms with E-state index in [2.05, 4.69) is 0 Å². The summed E-state index contributed by atoms with van der Waals surface area (Å²) in [5, 5.41) is 0. The van der Waals surface area contributed by atoms with Gasteiger partial charge in [-0.3, -0.25) is 4.79 Å². The Morgan fingerprint density at radius 2 is 1.89 bits per heavy atom. The number of likely N-dealkylation sites (N-methyl/N-ethyl adjacent to an activating group) is 1. The van der Waals surface area contributed by atoms with Crippen molar-refractivity contribution in [3.8, 4) is 11.1 Å². The van der Waals surface area contributed by atoms with Crippen molar-refractivity contribution in [3.05, 3.63) is 48.0 Å². The van der Waals surface area contributed by atoms with Gasteiger partial charge < -0.3 is 10.6 Å². The minimum absolute atomic E-state index is 0.0896. The lowest BCUT2D eigenvalue weighted by molar-refractivity contribution is -0.117. The summed E-state index contributed by atoms with van der Waals surface area (Å²) in [4.78, 5) is 13.8. The summed E-state index contributed by atoms with van der Waals surface area (Å²) in [6, 6.07) is 13.6. The molecule has 0 saturated carbocycles. The van der Waals surface area contributed by atoms with Crippen molar-refractivity contribution in [3.63, 3.8) is 0 Å². The molecule has 2 aromatic carbocycles. The zero-order valence-electron chi connectivity index (χ0n) is 10.2. The van der Waals surface area contributed by atoms with E-state index in [1.165, 1.54) is 0 Å². The summed E-state index contributed by atoms with van der Waals surface area (Å²) >= 11 is 0. The number of hydrogen-bond acceptors (Lipinski definition) is 2. The molecule has 1 aliphatic rings. The van der Waals surface area contributed by atoms with Crippen LogP contribution in [0.15, 0.2) is 42.5 Å². The van der Waals surface area contributed by atoms with Gasteiger partial charge in [-0.1, -0.05) is 30.3 Å². The lowest BCUT2D eigenvalue weighted by Crippen LogP contribution is -2.26. The molecular weight excluding hydrogens is 224 g/mol. The first-order chi connectivity index (χ1) is 8.68. The number of nitrogens with zero attached hydrogens (tertiary/aromatic N) is 1. The van der Waals surface area contributed by atoms with Crippen molar-refractivity contribution in [1.82, 2.24) is 0 Å². The van der Waals surface area contributed by atoms with E-state index in [1.54, 1.807) is 11.9 Å². The van der Waals surface area contributed by atoms with Gasteiger partial charge in [0.15, 0.2) is 0 Å². The number of nitrogen functional groups attached to an aromatic ring is 1. The summed E-state index contributed by atoms with van der Waals surface area (Å²) in [7, 11) is 1.80. The average Bonchev–Trinajstić information content (AvgIpc) is 2.48. The van der Waals surface area contributed by atoms with E-state index in [-0.39, 0.29) is 5.91 Å². The maximum absolute atomic E-state index is 12.1. The van der Waals surface area contributed by atoms with E-state index in [0.29, 0.717) is 12.1 Å². The molecule has 0 bridgehead atoms. The topological polar surface area (TPSA) is 46.3 Å². The molecule has 0 unspecified atom stereocenters. The normalized spacial score (nSPS) is 13.8. The molecule has 90 valence electrons. The zero-order chi connectivity index (χ0) is 12.7. The molecule has 0 fully saturated rings. The van der Waals surface area contributed by atoms with Gasteiger partial charge in [0.1, 0.15) is 0 Å². The van der Waals surface area contributed by atoms with E-state index in [1.807, 2.05) is 42.5 Å². The Labute approximate surface area is 106 Å². The van der Waals surface area contributed by atoms with Crippen molar-refractivity contribution in [2.75, 3.05) is 17.7 Å². The molecule has 0 aromatic heterocycles. The van der Waals surface area contributed by atoms with E-state index in [4.69, 9.17) is 5.73 Å². The summed E-state index contributed by atoms with van der Waals surface area (Å²) in [5.41, 5.74) is 10.7. The Bertz CT molecular complexity index is 634. The molecule has 2 aromatic rings. The molecule has 2 N–H and O–H groups in total. The fraction of sp³-hybridized carbons (Fsp3) is 0.133. The predicted octanol–water partition coefficient (Wildman–Crippen LogP) is 2.45. The molecule has 0 spiro atoms. The quantitative estimate of drug-likeness (QED) is 0.717. The Kier molecular flexibility index (Phi) is 2.33. The van der Waals surface area contributed by atoms with Crippen LogP contribution in [0.4, 0.5) is 11.4 Å². The lowest BCUT2D eigenvalue weighted by atomic mass is 9.96. The number of nitrogens with two attached hydrogens (primary N) is 1. The zero-order valence-corrected chi connectivity index (χ0v) is 10.2. The SMILES string of the molecule is CN1C(=O)Cc2ccccc2-c2c(N)cccc21. The molecule has 1 amide bonds. The third-order valence-electron chi connectivity index (χ3n) is 3.44. The smallest absolute Gasteiger partial charge is 0.231 e. The number of hydrogen-bond donors (Lipinski definition) is 1. The first-order valence-electron chi connectivity index (χ1n) is 5.92. The van der Waals surface area contributed by atoms with Crippen LogP contribution < -0.4 is 10.6 Å². The monoisotopic (exact) mass is 238 g/mol. The number of rotatable bonds is 0. The van der Waals surface area contributed by atoms with Gasteiger partial charge in [0, 0.05) is 18.3 Å². The number of amides is 1. The van der Waals surface area contributed by atoms with Crippen LogP contribution in [0.2, 0.25) is 0 Å². The fourth-order valence-corrected chi connectivity index (χ4v) is 2.46. The van der Waals surface area contributed by atoms with E-state index in [0.717, 1.165) is 22.4 Å². The van der Waals surface area contributed by atoms with Gasteiger partial charge in [-0.15, -0.1) is 0 Å². The van der Waals surface area contributed by atoms with Gasteiger partial charge in [0.05, 0.1) is 12.1 Å². The van der Waals surface area contributed by atoms with Crippen LogP contribution in [-0.2, 0) is 11.2 Å². The van der Waals surface area contributed by atoms with Crippen molar-refractivity contribution in [2.24, 2.45) is 0 Å². The largest absolute Gasteiger partial charge is 0.398 e. The van der Waals surface area contributed by atoms with Crippen LogP contribution in [0.25, 0.3) is 11.1 Å². The third kappa shape index (κ3) is 1.48. The van der Waals surface area contributed by atoms with Gasteiger partial charge in [-0.05, 0) is 23.3 Å². The average molecular weight is 238 g/mol. The number of benzene rings is 2. The number of anilines is 2. The highest BCUT2D eigenvalue weighted by molar-refractivity contribution is 6.04. The second-order valence-electron chi connectivity index (χ2n) is 4.53. The molecule has 1 heterocycles. The second-order valence-corrected chi connectivity index (χ2v) is 4.53. The van der Waals surface area contributed by atoms with Crippen molar-refractivity contribution < 1.29 is 4.79 Å². The first kappa shape index (κ1) is 10.8. The minimum atomic E-state index is 0.0896. The molecule has 1 aliphatic heterocycles. The van der Waals surface area contributed by atoms with Gasteiger partial charge in [-0.2, -0.15) is 0 Å². The van der Waals surface area contributed by atoms with Crippen LogP contribution >= 0.6 is 0 Å². The standard InChI is InChI=1S/C15H14N2O/c1-17-13-8-4-7-12(16)15(13)11-6-3-2-5-10(11)9-14(17)18/h2-8H,9,16H2,1H3. The van der Waals surface area contributed by atoms with Crippen molar-refractivity contribution >= 4 is 17.3 Å². The van der Waals surface area contributed by atoms with Crippen LogP contribution in [0.1, 0.15) is 5.56 Å². The molecular formula is C15H14N2O. The van der Waals surface area contributed by atoms with E-state index in [9.17, 15) is 4.79 Å². The Hall–Kier alpha value is -2.29. The minimum Gasteiger partial charge on any atom is -0.398 e. The van der Waals surface area contributed by atoms with Gasteiger partial charge in [0.25, 0.3) is 0 Å².